The number of aldehydes is 1. The van der Waals surface area contributed by atoms with E-state index in [1.54, 1.807) is 34.9 Å². The molecule has 0 amide bonds. The van der Waals surface area contributed by atoms with E-state index >= 15 is 0 Å². The van der Waals surface area contributed by atoms with Crippen LogP contribution in [0.4, 0.5) is 5.69 Å². The van der Waals surface area contributed by atoms with Crippen molar-refractivity contribution in [3.63, 3.8) is 0 Å². The first-order chi connectivity index (χ1) is 13.3. The summed E-state index contributed by atoms with van der Waals surface area (Å²) in [5.41, 5.74) is 2.80. The molecule has 2 aromatic carbocycles. The largest absolute Gasteiger partial charge is 0.479 e. The zero-order chi connectivity index (χ0) is 20.4. The monoisotopic (exact) mass is 498 g/mol. The Morgan fingerprint density at radius 1 is 1.18 bits per heavy atom. The Labute approximate surface area is 185 Å². The molecule has 0 atom stereocenters. The third kappa shape index (κ3) is 4.13. The van der Waals surface area contributed by atoms with Gasteiger partial charge in [-0.2, -0.15) is 0 Å². The summed E-state index contributed by atoms with van der Waals surface area (Å²) in [6.07, 6.45) is 2.53. The first kappa shape index (κ1) is 20.9. The fourth-order valence-corrected chi connectivity index (χ4v) is 4.09. The number of carbonyl (C=O) groups is 1. The SMILES string of the molecule is COC(=Nc1c(C)cc(Cl)cc1C=O)c1cc(Br)cn1-c1c(Cl)cccc1Cl. The lowest BCUT2D eigenvalue weighted by Gasteiger charge is -2.14. The lowest BCUT2D eigenvalue weighted by Crippen LogP contribution is -2.11. The first-order valence-electron chi connectivity index (χ1n) is 8.06. The van der Waals surface area contributed by atoms with Crippen LogP contribution in [0.25, 0.3) is 5.69 Å². The zero-order valence-electron chi connectivity index (χ0n) is 14.8. The molecule has 0 saturated carbocycles. The van der Waals surface area contributed by atoms with Crippen molar-refractivity contribution in [1.29, 1.82) is 0 Å². The Hall–Kier alpha value is -1.79. The molecule has 3 rings (SSSR count). The molecule has 0 N–H and O–H groups in total. The second kappa shape index (κ2) is 8.70. The third-order valence-corrected chi connectivity index (χ3v) is 5.27. The molecule has 0 fully saturated rings. The molecular weight excluding hydrogens is 486 g/mol. The Bertz CT molecular complexity index is 1070. The number of hydrogen-bond donors (Lipinski definition) is 0. The highest BCUT2D eigenvalue weighted by atomic mass is 79.9. The van der Waals surface area contributed by atoms with Crippen LogP contribution >= 0.6 is 50.7 Å². The predicted octanol–water partition coefficient (Wildman–Crippen LogP) is 7.05. The fraction of sp³-hybridized carbons (Fsp3) is 0.100. The molecule has 0 radical (unpaired) electrons. The van der Waals surface area contributed by atoms with Gasteiger partial charge in [0.1, 0.15) is 5.69 Å². The van der Waals surface area contributed by atoms with E-state index in [4.69, 9.17) is 39.5 Å². The number of halogens is 4. The van der Waals surface area contributed by atoms with E-state index in [-0.39, 0.29) is 5.90 Å². The number of benzene rings is 2. The van der Waals surface area contributed by atoms with Crippen LogP contribution in [0, 0.1) is 6.92 Å². The topological polar surface area (TPSA) is 43.6 Å². The first-order valence-corrected chi connectivity index (χ1v) is 9.99. The molecule has 0 aliphatic carbocycles. The van der Waals surface area contributed by atoms with Crippen molar-refractivity contribution in [2.45, 2.75) is 6.92 Å². The number of aliphatic imine (C=N–C) groups is 1. The normalized spacial score (nSPS) is 11.6. The predicted molar refractivity (Wildman–Crippen MR) is 118 cm³/mol. The molecule has 4 nitrogen and oxygen atoms in total. The number of rotatable bonds is 4. The van der Waals surface area contributed by atoms with E-state index in [0.29, 0.717) is 44.0 Å². The summed E-state index contributed by atoms with van der Waals surface area (Å²) in [5.74, 6) is 0.287. The van der Waals surface area contributed by atoms with Gasteiger partial charge in [-0.05, 0) is 58.7 Å². The summed E-state index contributed by atoms with van der Waals surface area (Å²) in [4.78, 5) is 16.1. The van der Waals surface area contributed by atoms with Gasteiger partial charge in [0, 0.05) is 21.3 Å². The lowest BCUT2D eigenvalue weighted by molar-refractivity contribution is 0.112. The summed E-state index contributed by atoms with van der Waals surface area (Å²) in [6.45, 7) is 1.82. The van der Waals surface area contributed by atoms with Crippen LogP contribution in [0.2, 0.25) is 15.1 Å². The van der Waals surface area contributed by atoms with Gasteiger partial charge in [-0.1, -0.05) is 40.9 Å². The van der Waals surface area contributed by atoms with Gasteiger partial charge in [-0.15, -0.1) is 0 Å². The zero-order valence-corrected chi connectivity index (χ0v) is 18.7. The minimum Gasteiger partial charge on any atom is -0.479 e. The van der Waals surface area contributed by atoms with E-state index < -0.39 is 0 Å². The average molecular weight is 501 g/mol. The molecular formula is C20H14BrCl3N2O2. The van der Waals surface area contributed by atoms with Crippen LogP contribution in [-0.2, 0) is 4.74 Å². The summed E-state index contributed by atoms with van der Waals surface area (Å²) < 4.78 is 8.12. The van der Waals surface area contributed by atoms with E-state index in [0.717, 1.165) is 10.0 Å². The van der Waals surface area contributed by atoms with Crippen LogP contribution in [0.5, 0.6) is 0 Å². The molecule has 0 saturated heterocycles. The molecule has 0 bridgehead atoms. The summed E-state index contributed by atoms with van der Waals surface area (Å²) >= 11 is 22.3. The number of aromatic nitrogens is 1. The van der Waals surface area contributed by atoms with Crippen LogP contribution in [0.1, 0.15) is 21.6 Å². The van der Waals surface area contributed by atoms with Gasteiger partial charge in [0.05, 0.1) is 28.5 Å². The van der Waals surface area contributed by atoms with Crippen LogP contribution in [0.3, 0.4) is 0 Å². The molecule has 28 heavy (non-hydrogen) atoms. The summed E-state index contributed by atoms with van der Waals surface area (Å²) in [7, 11) is 1.50. The molecule has 3 aromatic rings. The van der Waals surface area contributed by atoms with Crippen LogP contribution in [-0.4, -0.2) is 23.9 Å². The van der Waals surface area contributed by atoms with Gasteiger partial charge in [-0.25, -0.2) is 4.99 Å². The fourth-order valence-electron chi connectivity index (χ4n) is 2.81. The number of methoxy groups -OCH3 is 1. The van der Waals surface area contributed by atoms with Crippen LogP contribution < -0.4 is 0 Å². The van der Waals surface area contributed by atoms with Gasteiger partial charge < -0.3 is 9.30 Å². The van der Waals surface area contributed by atoms with Crippen LogP contribution in [0.15, 0.2) is 52.1 Å². The number of ether oxygens (including phenoxy) is 1. The molecule has 0 unspecified atom stereocenters. The highest BCUT2D eigenvalue weighted by Gasteiger charge is 2.19. The summed E-state index contributed by atoms with van der Waals surface area (Å²) in [5, 5.41) is 1.42. The van der Waals surface area contributed by atoms with Crippen molar-refractivity contribution < 1.29 is 9.53 Å². The minimum absolute atomic E-state index is 0.287. The standard InChI is InChI=1S/C20H14BrCl3N2O2/c1-11-6-14(22)7-12(10-27)18(11)25-20(28-2)17-8-13(21)9-26(17)19-15(23)4-3-5-16(19)24/h3-10H,1-2H3. The molecule has 144 valence electrons. The quantitative estimate of drug-likeness (QED) is 0.219. The third-order valence-electron chi connectivity index (χ3n) is 4.01. The van der Waals surface area contributed by atoms with Gasteiger partial charge in [-0.3, -0.25) is 4.79 Å². The van der Waals surface area contributed by atoms with Crippen molar-refractivity contribution in [2.24, 2.45) is 4.99 Å². The second-order valence-corrected chi connectivity index (χ2v) is 8.05. The van der Waals surface area contributed by atoms with E-state index in [9.17, 15) is 4.79 Å². The number of aryl methyl sites for hydroxylation is 1. The number of nitrogens with zero attached hydrogens (tertiary/aromatic N) is 2. The highest BCUT2D eigenvalue weighted by molar-refractivity contribution is 9.10. The summed E-state index contributed by atoms with van der Waals surface area (Å²) in [6, 6.07) is 10.4. The van der Waals surface area contributed by atoms with Gasteiger partial charge >= 0.3 is 0 Å². The Balaban J connectivity index is 2.24. The van der Waals surface area contributed by atoms with E-state index in [1.165, 1.54) is 7.11 Å². The molecule has 0 aliphatic rings. The number of hydrogen-bond acceptors (Lipinski definition) is 3. The maximum absolute atomic E-state index is 11.5. The van der Waals surface area contributed by atoms with E-state index in [1.807, 2.05) is 19.2 Å². The molecule has 0 spiro atoms. The Kier molecular flexibility index (Phi) is 6.50. The van der Waals surface area contributed by atoms with Crippen molar-refractivity contribution in [3.8, 4) is 5.69 Å². The average Bonchev–Trinajstić information content (AvgIpc) is 3.01. The smallest absolute Gasteiger partial charge is 0.238 e. The van der Waals surface area contributed by atoms with Gasteiger partial charge in [0.15, 0.2) is 6.29 Å². The number of para-hydroxylation sites is 1. The van der Waals surface area contributed by atoms with Crippen molar-refractivity contribution in [1.82, 2.24) is 4.57 Å². The second-order valence-electron chi connectivity index (χ2n) is 5.88. The Morgan fingerprint density at radius 2 is 1.86 bits per heavy atom. The van der Waals surface area contributed by atoms with Crippen molar-refractivity contribution >= 4 is 68.6 Å². The minimum atomic E-state index is 0.287. The lowest BCUT2D eigenvalue weighted by atomic mass is 10.1. The maximum atomic E-state index is 11.5. The molecule has 0 aliphatic heterocycles. The van der Waals surface area contributed by atoms with Gasteiger partial charge in [0.2, 0.25) is 5.90 Å². The molecule has 8 heteroatoms. The highest BCUT2D eigenvalue weighted by Crippen LogP contribution is 2.33. The molecule has 1 aromatic heterocycles. The van der Waals surface area contributed by atoms with E-state index in [2.05, 4.69) is 20.9 Å². The van der Waals surface area contributed by atoms with Crippen molar-refractivity contribution in [2.75, 3.05) is 7.11 Å². The Morgan fingerprint density at radius 3 is 2.46 bits per heavy atom. The number of carbonyl (C=O) groups excluding carboxylic acids is 1. The maximum Gasteiger partial charge on any atom is 0.238 e. The molecule has 1 heterocycles. The van der Waals surface area contributed by atoms with Gasteiger partial charge in [0.25, 0.3) is 0 Å². The van der Waals surface area contributed by atoms with Crippen molar-refractivity contribution in [3.05, 3.63) is 79.0 Å².